The molecule has 2 heterocycles. The van der Waals surface area contributed by atoms with Crippen molar-refractivity contribution in [3.05, 3.63) is 36.9 Å². The largest absolute Gasteiger partial charge is 0.492 e. The van der Waals surface area contributed by atoms with Crippen molar-refractivity contribution in [2.45, 2.75) is 25.4 Å². The Balaban J connectivity index is 1.51. The van der Waals surface area contributed by atoms with Crippen LogP contribution in [0.4, 0.5) is 5.69 Å². The van der Waals surface area contributed by atoms with Crippen molar-refractivity contribution in [1.29, 1.82) is 0 Å². The average molecular weight is 345 g/mol. The van der Waals surface area contributed by atoms with Crippen molar-refractivity contribution < 1.29 is 14.3 Å². The second-order valence-corrected chi connectivity index (χ2v) is 6.00. The first-order valence-electron chi connectivity index (χ1n) is 8.42. The molecule has 2 aromatic rings. The van der Waals surface area contributed by atoms with E-state index in [2.05, 4.69) is 15.4 Å². The molecule has 0 aliphatic carbocycles. The number of ether oxygens (including phenoxy) is 2. The molecule has 1 aliphatic rings. The zero-order valence-corrected chi connectivity index (χ0v) is 14.0. The van der Waals surface area contributed by atoms with Gasteiger partial charge in [0.15, 0.2) is 0 Å². The first-order chi connectivity index (χ1) is 12.2. The Kier molecular flexibility index (Phi) is 5.97. The van der Waals surface area contributed by atoms with Gasteiger partial charge >= 0.3 is 0 Å². The summed E-state index contributed by atoms with van der Waals surface area (Å²) < 4.78 is 12.7. The normalized spacial score (nSPS) is 16.4. The van der Waals surface area contributed by atoms with Gasteiger partial charge in [0.2, 0.25) is 5.91 Å². The van der Waals surface area contributed by atoms with E-state index in [-0.39, 0.29) is 11.8 Å². The molecule has 0 saturated carbocycles. The van der Waals surface area contributed by atoms with Crippen LogP contribution in [0.3, 0.4) is 0 Å². The first-order valence-corrected chi connectivity index (χ1v) is 8.42. The summed E-state index contributed by atoms with van der Waals surface area (Å²) in [6.07, 6.45) is 4.76. The summed E-state index contributed by atoms with van der Waals surface area (Å²) in [7, 11) is 0. The second kappa shape index (κ2) is 8.59. The summed E-state index contributed by atoms with van der Waals surface area (Å²) in [4.78, 5) is 16.2. The van der Waals surface area contributed by atoms with Crippen LogP contribution in [-0.4, -0.2) is 46.5 Å². The lowest BCUT2D eigenvalue weighted by Gasteiger charge is -2.26. The number of nitrogens with one attached hydrogen (secondary N) is 1. The molecule has 0 spiro atoms. The number of rotatable bonds is 7. The third-order valence-corrected chi connectivity index (χ3v) is 4.23. The summed E-state index contributed by atoms with van der Waals surface area (Å²) in [5.41, 5.74) is 6.77. The van der Waals surface area contributed by atoms with Crippen molar-refractivity contribution >= 4 is 11.6 Å². The summed E-state index contributed by atoms with van der Waals surface area (Å²) in [5.74, 6) is 0.667. The van der Waals surface area contributed by atoms with Crippen LogP contribution in [0.1, 0.15) is 12.8 Å². The fourth-order valence-electron chi connectivity index (χ4n) is 2.78. The van der Waals surface area contributed by atoms with Gasteiger partial charge in [-0.15, -0.1) is 0 Å². The molecule has 8 heteroatoms. The van der Waals surface area contributed by atoms with Crippen LogP contribution in [0.2, 0.25) is 0 Å². The molecule has 1 aromatic carbocycles. The quantitative estimate of drug-likeness (QED) is 0.777. The van der Waals surface area contributed by atoms with E-state index in [9.17, 15) is 4.79 Å². The number of aromatic nitrogens is 3. The van der Waals surface area contributed by atoms with E-state index in [1.165, 1.54) is 6.33 Å². The lowest BCUT2D eigenvalue weighted by Crippen LogP contribution is -2.43. The summed E-state index contributed by atoms with van der Waals surface area (Å²) in [6.45, 7) is 2.40. The van der Waals surface area contributed by atoms with Gasteiger partial charge in [-0.1, -0.05) is 6.07 Å². The minimum absolute atomic E-state index is 0.163. The molecular formula is C17H23N5O3. The van der Waals surface area contributed by atoms with Crippen molar-refractivity contribution in [2.75, 3.05) is 25.1 Å². The minimum atomic E-state index is -0.527. The molecule has 0 radical (unpaired) electrons. The Hall–Kier alpha value is -2.45. The van der Waals surface area contributed by atoms with E-state index in [1.54, 1.807) is 17.1 Å². The van der Waals surface area contributed by atoms with Gasteiger partial charge in [-0.2, -0.15) is 5.10 Å². The van der Waals surface area contributed by atoms with Gasteiger partial charge < -0.3 is 20.5 Å². The molecule has 1 fully saturated rings. The van der Waals surface area contributed by atoms with Gasteiger partial charge in [-0.05, 0) is 30.9 Å². The fourth-order valence-corrected chi connectivity index (χ4v) is 2.78. The van der Waals surface area contributed by atoms with Crippen LogP contribution in [0.5, 0.6) is 5.75 Å². The van der Waals surface area contributed by atoms with E-state index < -0.39 is 6.04 Å². The molecule has 1 atom stereocenters. The van der Waals surface area contributed by atoms with Crippen molar-refractivity contribution in [3.8, 4) is 5.75 Å². The molecule has 1 unspecified atom stereocenters. The molecular weight excluding hydrogens is 322 g/mol. The molecule has 1 amide bonds. The fraction of sp³-hybridized carbons (Fsp3) is 0.471. The molecule has 3 rings (SSSR count). The highest BCUT2D eigenvalue weighted by Gasteiger charge is 2.26. The van der Waals surface area contributed by atoms with Crippen LogP contribution in [0, 0.1) is 5.92 Å². The van der Waals surface area contributed by atoms with E-state index in [0.717, 1.165) is 12.8 Å². The Labute approximate surface area is 146 Å². The highest BCUT2D eigenvalue weighted by molar-refractivity contribution is 5.95. The molecule has 1 aromatic heterocycles. The number of nitrogens with zero attached hydrogens (tertiary/aromatic N) is 3. The van der Waals surface area contributed by atoms with Gasteiger partial charge in [0, 0.05) is 25.0 Å². The second-order valence-electron chi connectivity index (χ2n) is 6.00. The van der Waals surface area contributed by atoms with Crippen LogP contribution >= 0.6 is 0 Å². The number of carbonyl (C=O) groups excluding carboxylic acids is 1. The van der Waals surface area contributed by atoms with Crippen molar-refractivity contribution in [2.24, 2.45) is 11.7 Å². The van der Waals surface area contributed by atoms with Crippen LogP contribution < -0.4 is 15.8 Å². The van der Waals surface area contributed by atoms with E-state index in [0.29, 0.717) is 37.8 Å². The monoisotopic (exact) mass is 345 g/mol. The van der Waals surface area contributed by atoms with Crippen LogP contribution in [0.15, 0.2) is 36.9 Å². The number of carbonyl (C=O) groups is 1. The molecule has 1 aliphatic heterocycles. The maximum Gasteiger partial charge on any atom is 0.241 e. The van der Waals surface area contributed by atoms with Crippen molar-refractivity contribution in [1.82, 2.24) is 14.8 Å². The van der Waals surface area contributed by atoms with Gasteiger partial charge in [-0.25, -0.2) is 9.67 Å². The smallest absolute Gasteiger partial charge is 0.241 e. The minimum Gasteiger partial charge on any atom is -0.492 e. The highest BCUT2D eigenvalue weighted by Crippen LogP contribution is 2.21. The summed E-state index contributed by atoms with van der Waals surface area (Å²) >= 11 is 0. The van der Waals surface area contributed by atoms with Crippen LogP contribution in [0.25, 0.3) is 0 Å². The summed E-state index contributed by atoms with van der Waals surface area (Å²) in [5, 5.41) is 6.88. The molecule has 1 saturated heterocycles. The molecule has 3 N–H and O–H groups in total. The molecule has 0 bridgehead atoms. The zero-order valence-electron chi connectivity index (χ0n) is 14.0. The predicted molar refractivity (Wildman–Crippen MR) is 92.1 cm³/mol. The van der Waals surface area contributed by atoms with Gasteiger partial charge in [0.05, 0.1) is 12.6 Å². The standard InChI is InChI=1S/C17H23N5O3/c18-16(13-4-7-24-8-5-13)17(23)21-14-2-1-3-15(10-14)25-9-6-22-12-19-11-20-22/h1-3,10-13,16H,4-9,18H2,(H,21,23). The molecule has 134 valence electrons. The van der Waals surface area contributed by atoms with Gasteiger partial charge in [0.1, 0.15) is 25.0 Å². The molecule has 8 nitrogen and oxygen atoms in total. The number of nitrogens with two attached hydrogens (primary N) is 1. The Bertz CT molecular complexity index is 671. The Morgan fingerprint density at radius 1 is 1.44 bits per heavy atom. The molecule has 25 heavy (non-hydrogen) atoms. The van der Waals surface area contributed by atoms with Gasteiger partial charge in [-0.3, -0.25) is 4.79 Å². The third kappa shape index (κ3) is 5.01. The number of benzene rings is 1. The SMILES string of the molecule is NC(C(=O)Nc1cccc(OCCn2cncn2)c1)C1CCOCC1. The van der Waals surface area contributed by atoms with E-state index in [4.69, 9.17) is 15.2 Å². The third-order valence-electron chi connectivity index (χ3n) is 4.23. The number of amides is 1. The Morgan fingerprint density at radius 2 is 2.28 bits per heavy atom. The maximum atomic E-state index is 12.4. The summed E-state index contributed by atoms with van der Waals surface area (Å²) in [6, 6.07) is 6.76. The van der Waals surface area contributed by atoms with Crippen LogP contribution in [-0.2, 0) is 16.1 Å². The highest BCUT2D eigenvalue weighted by atomic mass is 16.5. The lowest BCUT2D eigenvalue weighted by atomic mass is 9.92. The maximum absolute atomic E-state index is 12.4. The first kappa shape index (κ1) is 17.4. The topological polar surface area (TPSA) is 104 Å². The average Bonchev–Trinajstić information content (AvgIpc) is 3.15. The van der Waals surface area contributed by atoms with E-state index in [1.807, 2.05) is 18.2 Å². The number of anilines is 1. The lowest BCUT2D eigenvalue weighted by molar-refractivity contribution is -0.119. The van der Waals surface area contributed by atoms with Crippen molar-refractivity contribution in [3.63, 3.8) is 0 Å². The zero-order chi connectivity index (χ0) is 17.5. The Morgan fingerprint density at radius 3 is 3.04 bits per heavy atom. The number of hydrogen-bond donors (Lipinski definition) is 2. The number of hydrogen-bond acceptors (Lipinski definition) is 6. The predicted octanol–water partition coefficient (Wildman–Crippen LogP) is 1.05. The van der Waals surface area contributed by atoms with E-state index >= 15 is 0 Å². The van der Waals surface area contributed by atoms with Gasteiger partial charge in [0.25, 0.3) is 0 Å².